The summed E-state index contributed by atoms with van der Waals surface area (Å²) >= 11 is 0. The summed E-state index contributed by atoms with van der Waals surface area (Å²) in [4.78, 5) is 0. The summed E-state index contributed by atoms with van der Waals surface area (Å²) < 4.78 is 26.0. The Bertz CT molecular complexity index is 668. The second-order valence-corrected chi connectivity index (χ2v) is 14.3. The number of ether oxygens (including phenoxy) is 4. The monoisotopic (exact) mass is 560 g/mol. The highest BCUT2D eigenvalue weighted by atomic mass is 16.5. The summed E-state index contributed by atoms with van der Waals surface area (Å²) in [5, 5.41) is 0. The summed E-state index contributed by atoms with van der Waals surface area (Å²) in [6.45, 7) is 28.7. The van der Waals surface area contributed by atoms with Gasteiger partial charge in [0, 0.05) is 30.3 Å². The zero-order valence-corrected chi connectivity index (χ0v) is 28.2. The predicted octanol–water partition coefficient (Wildman–Crippen LogP) is 6.68. The molecule has 0 aliphatic carbocycles. The molecule has 0 spiro atoms. The Morgan fingerprint density at radius 2 is 1.21 bits per heavy atom. The highest BCUT2D eigenvalue weighted by Crippen LogP contribution is 2.36. The lowest BCUT2D eigenvalue weighted by Crippen LogP contribution is -2.55. The van der Waals surface area contributed by atoms with Crippen LogP contribution in [0.1, 0.15) is 141 Å². The lowest BCUT2D eigenvalue weighted by Gasteiger charge is -2.42. The normalized spacial score (nSPS) is 20.9. The summed E-state index contributed by atoms with van der Waals surface area (Å²) in [5.41, 5.74) is 16.5. The van der Waals surface area contributed by atoms with Crippen LogP contribution in [0.4, 0.5) is 0 Å². The van der Waals surface area contributed by atoms with Crippen molar-refractivity contribution < 1.29 is 18.9 Å². The molecule has 7 heteroatoms. The SMILES string of the molecule is CCCCC(CC)(COC(C)(C)CC(C)OC(C)(C)CC(C)N)COC(C)(CC)CC(C)OC(C)(N)C(C)N. The van der Waals surface area contributed by atoms with Gasteiger partial charge in [-0.15, -0.1) is 0 Å². The summed E-state index contributed by atoms with van der Waals surface area (Å²) in [7, 11) is 0. The average molecular weight is 560 g/mol. The maximum atomic E-state index is 6.76. The Morgan fingerprint density at radius 3 is 1.67 bits per heavy atom. The van der Waals surface area contributed by atoms with Crippen molar-refractivity contribution in [1.82, 2.24) is 0 Å². The first-order valence-electron chi connectivity index (χ1n) is 15.6. The van der Waals surface area contributed by atoms with E-state index in [0.29, 0.717) is 13.2 Å². The molecule has 0 aromatic carbocycles. The van der Waals surface area contributed by atoms with Gasteiger partial charge in [0.05, 0.1) is 42.2 Å². The highest BCUT2D eigenvalue weighted by Gasteiger charge is 2.37. The number of hydrogen-bond donors (Lipinski definition) is 3. The predicted molar refractivity (Wildman–Crippen MR) is 166 cm³/mol. The van der Waals surface area contributed by atoms with Crippen LogP contribution < -0.4 is 17.2 Å². The fraction of sp³-hybridized carbons (Fsp3) is 1.00. The zero-order chi connectivity index (χ0) is 30.7. The quantitative estimate of drug-likeness (QED) is 0.127. The molecule has 0 bridgehead atoms. The van der Waals surface area contributed by atoms with Crippen molar-refractivity contribution >= 4 is 0 Å². The minimum Gasteiger partial charge on any atom is -0.375 e. The third-order valence-corrected chi connectivity index (χ3v) is 8.25. The smallest absolute Gasteiger partial charge is 0.129 e. The number of rotatable bonds is 22. The van der Waals surface area contributed by atoms with Crippen LogP contribution in [0.3, 0.4) is 0 Å². The van der Waals surface area contributed by atoms with Gasteiger partial charge >= 0.3 is 0 Å². The van der Waals surface area contributed by atoms with Gasteiger partial charge in [-0.05, 0) is 94.9 Å². The molecule has 0 amide bonds. The highest BCUT2D eigenvalue weighted by molar-refractivity contribution is 4.86. The van der Waals surface area contributed by atoms with Gasteiger partial charge in [0.2, 0.25) is 0 Å². The van der Waals surface area contributed by atoms with Gasteiger partial charge in [-0.2, -0.15) is 0 Å². The molecular weight excluding hydrogens is 490 g/mol. The summed E-state index contributed by atoms with van der Waals surface area (Å²) in [6.07, 6.45) is 7.60. The maximum Gasteiger partial charge on any atom is 0.129 e. The van der Waals surface area contributed by atoms with Gasteiger partial charge in [-0.1, -0.05) is 33.6 Å². The molecule has 0 heterocycles. The van der Waals surface area contributed by atoms with E-state index in [4.69, 9.17) is 36.1 Å². The molecule has 39 heavy (non-hydrogen) atoms. The molecule has 0 saturated carbocycles. The number of nitrogens with two attached hydrogens (primary N) is 3. The first-order valence-corrected chi connectivity index (χ1v) is 15.6. The van der Waals surface area contributed by atoms with Gasteiger partial charge in [-0.3, -0.25) is 0 Å². The fourth-order valence-electron chi connectivity index (χ4n) is 5.45. The minimum atomic E-state index is -0.875. The topological polar surface area (TPSA) is 115 Å². The molecule has 6 N–H and O–H groups in total. The van der Waals surface area contributed by atoms with Gasteiger partial charge in [0.15, 0.2) is 0 Å². The standard InChI is InChI=1S/C32H69N3O4/c1-14-17-18-32(16-3,22-36-28(8,9)20-25(5)38-29(10,11)19-24(4)33)23-37-30(12,15-2)21-26(6)39-31(13,35)27(7)34/h24-27H,14-23,33-35H2,1-13H3. The summed E-state index contributed by atoms with van der Waals surface area (Å²) in [5.74, 6) is 0. The van der Waals surface area contributed by atoms with E-state index in [-0.39, 0.29) is 46.5 Å². The Hall–Kier alpha value is -0.280. The van der Waals surface area contributed by atoms with Gasteiger partial charge in [0.1, 0.15) is 5.72 Å². The van der Waals surface area contributed by atoms with Crippen LogP contribution in [-0.4, -0.2) is 60.0 Å². The molecule has 0 aliphatic heterocycles. The third-order valence-electron chi connectivity index (χ3n) is 8.25. The van der Waals surface area contributed by atoms with Crippen molar-refractivity contribution in [1.29, 1.82) is 0 Å². The van der Waals surface area contributed by atoms with Crippen LogP contribution >= 0.6 is 0 Å². The van der Waals surface area contributed by atoms with E-state index >= 15 is 0 Å². The molecule has 0 fully saturated rings. The van der Waals surface area contributed by atoms with Gasteiger partial charge < -0.3 is 36.1 Å². The molecular formula is C32H69N3O4. The molecule has 0 saturated heterocycles. The minimum absolute atomic E-state index is 0.0553. The third kappa shape index (κ3) is 15.5. The Balaban J connectivity index is 5.41. The molecule has 236 valence electrons. The van der Waals surface area contributed by atoms with Crippen LogP contribution in [0.5, 0.6) is 0 Å². The first-order chi connectivity index (χ1) is 17.7. The molecule has 0 aliphatic rings. The van der Waals surface area contributed by atoms with Crippen LogP contribution in [0.2, 0.25) is 0 Å². The van der Waals surface area contributed by atoms with Crippen LogP contribution in [0.25, 0.3) is 0 Å². The number of unbranched alkanes of at least 4 members (excludes halogenated alkanes) is 1. The Morgan fingerprint density at radius 1 is 0.667 bits per heavy atom. The van der Waals surface area contributed by atoms with Crippen LogP contribution in [0.15, 0.2) is 0 Å². The lowest BCUT2D eigenvalue weighted by atomic mass is 9.81. The van der Waals surface area contributed by atoms with Crippen molar-refractivity contribution in [2.24, 2.45) is 22.6 Å². The van der Waals surface area contributed by atoms with Gasteiger partial charge in [0.25, 0.3) is 0 Å². The Labute approximate surface area is 243 Å². The van der Waals surface area contributed by atoms with E-state index in [9.17, 15) is 0 Å². The fourth-order valence-corrected chi connectivity index (χ4v) is 5.45. The lowest BCUT2D eigenvalue weighted by molar-refractivity contribution is -0.159. The van der Waals surface area contributed by atoms with E-state index < -0.39 is 5.72 Å². The van der Waals surface area contributed by atoms with E-state index in [0.717, 1.165) is 51.4 Å². The van der Waals surface area contributed by atoms with E-state index in [2.05, 4.69) is 69.2 Å². The summed E-state index contributed by atoms with van der Waals surface area (Å²) in [6, 6.07) is -0.160. The van der Waals surface area contributed by atoms with Gasteiger partial charge in [-0.25, -0.2) is 0 Å². The van der Waals surface area contributed by atoms with E-state index in [1.54, 1.807) is 0 Å². The first kappa shape index (κ1) is 38.7. The molecule has 0 aromatic heterocycles. The Kier molecular flexibility index (Phi) is 16.3. The number of hydrogen-bond acceptors (Lipinski definition) is 7. The molecule has 0 rings (SSSR count). The van der Waals surface area contributed by atoms with Crippen LogP contribution in [0, 0.1) is 5.41 Å². The molecule has 7 atom stereocenters. The molecule has 0 radical (unpaired) electrons. The van der Waals surface area contributed by atoms with E-state index in [1.165, 1.54) is 0 Å². The van der Waals surface area contributed by atoms with E-state index in [1.807, 2.05) is 20.8 Å². The van der Waals surface area contributed by atoms with Crippen LogP contribution in [-0.2, 0) is 18.9 Å². The maximum absolute atomic E-state index is 6.76. The van der Waals surface area contributed by atoms with Crippen molar-refractivity contribution in [2.45, 2.75) is 188 Å². The molecule has 7 unspecified atom stereocenters. The molecule has 7 nitrogen and oxygen atoms in total. The zero-order valence-electron chi connectivity index (χ0n) is 28.2. The largest absolute Gasteiger partial charge is 0.375 e. The second-order valence-electron chi connectivity index (χ2n) is 14.3. The van der Waals surface area contributed by atoms with Crippen molar-refractivity contribution in [3.63, 3.8) is 0 Å². The van der Waals surface area contributed by atoms with Crippen molar-refractivity contribution in [2.75, 3.05) is 13.2 Å². The second kappa shape index (κ2) is 16.4. The molecule has 0 aromatic rings. The average Bonchev–Trinajstić information content (AvgIpc) is 2.76. The van der Waals surface area contributed by atoms with Crippen molar-refractivity contribution in [3.8, 4) is 0 Å². The van der Waals surface area contributed by atoms with Crippen molar-refractivity contribution in [3.05, 3.63) is 0 Å².